The number of benzene rings is 1. The maximum absolute atomic E-state index is 14.0. The summed E-state index contributed by atoms with van der Waals surface area (Å²) in [6, 6.07) is 5.48. The molecule has 2 aliphatic rings. The van der Waals surface area contributed by atoms with Gasteiger partial charge < -0.3 is 5.32 Å². The average Bonchev–Trinajstić information content (AvgIpc) is 3.03. The van der Waals surface area contributed by atoms with E-state index in [2.05, 4.69) is 12.2 Å². The van der Waals surface area contributed by atoms with Crippen LogP contribution < -0.4 is 5.32 Å². The molecule has 2 saturated carbocycles. The zero-order valence-electron chi connectivity index (χ0n) is 12.0. The average molecular weight is 296 g/mol. The quantitative estimate of drug-likeness (QED) is 0.847. The van der Waals surface area contributed by atoms with Gasteiger partial charge in [-0.25, -0.2) is 4.39 Å². The van der Waals surface area contributed by atoms with E-state index in [4.69, 9.17) is 11.6 Å². The number of hydrogen-bond acceptors (Lipinski definition) is 1. The van der Waals surface area contributed by atoms with Crippen LogP contribution in [0.15, 0.2) is 18.2 Å². The van der Waals surface area contributed by atoms with Gasteiger partial charge >= 0.3 is 0 Å². The Bertz CT molecular complexity index is 476. The SMILES string of the molecule is CCNC(Cc1ccc(Cl)cc1F)C1CC2CCC1C2. The molecule has 0 amide bonds. The van der Waals surface area contributed by atoms with Crippen molar-refractivity contribution in [1.82, 2.24) is 5.32 Å². The molecule has 0 aromatic heterocycles. The lowest BCUT2D eigenvalue weighted by molar-refractivity contribution is 0.248. The van der Waals surface area contributed by atoms with Crippen LogP contribution in [0.2, 0.25) is 5.02 Å². The van der Waals surface area contributed by atoms with Crippen molar-refractivity contribution in [1.29, 1.82) is 0 Å². The van der Waals surface area contributed by atoms with Gasteiger partial charge in [-0.1, -0.05) is 31.0 Å². The van der Waals surface area contributed by atoms with Crippen LogP contribution in [0.1, 0.15) is 38.2 Å². The van der Waals surface area contributed by atoms with Crippen LogP contribution in [0, 0.1) is 23.6 Å². The molecule has 0 spiro atoms. The lowest BCUT2D eigenvalue weighted by Gasteiger charge is -2.31. The van der Waals surface area contributed by atoms with Gasteiger partial charge in [0.2, 0.25) is 0 Å². The van der Waals surface area contributed by atoms with Gasteiger partial charge in [-0.05, 0) is 67.7 Å². The minimum atomic E-state index is -0.163. The maximum atomic E-state index is 14.0. The van der Waals surface area contributed by atoms with Crippen molar-refractivity contribution in [2.75, 3.05) is 6.54 Å². The minimum Gasteiger partial charge on any atom is -0.314 e. The predicted molar refractivity (Wildman–Crippen MR) is 81.5 cm³/mol. The van der Waals surface area contributed by atoms with E-state index < -0.39 is 0 Å². The second-order valence-corrected chi connectivity index (χ2v) is 6.88. The number of likely N-dealkylation sites (N-methyl/N-ethyl adjacent to an activating group) is 1. The molecular weight excluding hydrogens is 273 g/mol. The van der Waals surface area contributed by atoms with Crippen LogP contribution in [0.4, 0.5) is 4.39 Å². The standard InChI is InChI=1S/C17H23ClFN/c1-2-20-17(15-8-11-3-4-12(15)7-11)9-13-5-6-14(18)10-16(13)19/h5-6,10-12,15,17,20H,2-4,7-9H2,1H3. The van der Waals surface area contributed by atoms with E-state index in [1.165, 1.54) is 31.7 Å². The van der Waals surface area contributed by atoms with Gasteiger partial charge in [-0.3, -0.25) is 0 Å². The molecule has 110 valence electrons. The fourth-order valence-electron chi connectivity index (χ4n) is 4.35. The van der Waals surface area contributed by atoms with Crippen LogP contribution in [-0.4, -0.2) is 12.6 Å². The summed E-state index contributed by atoms with van der Waals surface area (Å²) in [4.78, 5) is 0. The smallest absolute Gasteiger partial charge is 0.127 e. The number of nitrogens with one attached hydrogen (secondary N) is 1. The summed E-state index contributed by atoms with van der Waals surface area (Å²) in [5, 5.41) is 4.08. The van der Waals surface area contributed by atoms with E-state index in [0.717, 1.165) is 36.3 Å². The van der Waals surface area contributed by atoms with Crippen molar-refractivity contribution < 1.29 is 4.39 Å². The third kappa shape index (κ3) is 2.87. The topological polar surface area (TPSA) is 12.0 Å². The first-order valence-electron chi connectivity index (χ1n) is 7.84. The fourth-order valence-corrected chi connectivity index (χ4v) is 4.51. The third-order valence-corrected chi connectivity index (χ3v) is 5.47. The highest BCUT2D eigenvalue weighted by atomic mass is 35.5. The van der Waals surface area contributed by atoms with Gasteiger partial charge in [0, 0.05) is 11.1 Å². The van der Waals surface area contributed by atoms with Crippen molar-refractivity contribution >= 4 is 11.6 Å². The summed E-state index contributed by atoms with van der Waals surface area (Å²) in [5.74, 6) is 2.35. The van der Waals surface area contributed by atoms with Gasteiger partial charge in [0.1, 0.15) is 5.82 Å². The molecule has 2 bridgehead atoms. The highest BCUT2D eigenvalue weighted by molar-refractivity contribution is 6.30. The van der Waals surface area contributed by atoms with Crippen LogP contribution in [0.5, 0.6) is 0 Å². The molecule has 0 saturated heterocycles. The van der Waals surface area contributed by atoms with Crippen LogP contribution in [-0.2, 0) is 6.42 Å². The van der Waals surface area contributed by atoms with Gasteiger partial charge in [-0.15, -0.1) is 0 Å². The molecule has 1 aromatic rings. The Kier molecular flexibility index (Phi) is 4.32. The number of hydrogen-bond donors (Lipinski definition) is 1. The Morgan fingerprint density at radius 2 is 2.20 bits per heavy atom. The van der Waals surface area contributed by atoms with Crippen molar-refractivity contribution in [2.24, 2.45) is 17.8 Å². The number of halogens is 2. The maximum Gasteiger partial charge on any atom is 0.127 e. The molecule has 2 fully saturated rings. The van der Waals surface area contributed by atoms with Gasteiger partial charge in [-0.2, -0.15) is 0 Å². The summed E-state index contributed by atoms with van der Waals surface area (Å²) < 4.78 is 14.0. The van der Waals surface area contributed by atoms with E-state index in [9.17, 15) is 4.39 Å². The molecular formula is C17H23ClFN. The second-order valence-electron chi connectivity index (χ2n) is 6.44. The molecule has 20 heavy (non-hydrogen) atoms. The Morgan fingerprint density at radius 3 is 2.80 bits per heavy atom. The first-order valence-corrected chi connectivity index (χ1v) is 8.22. The van der Waals surface area contributed by atoms with Gasteiger partial charge in [0.25, 0.3) is 0 Å². The molecule has 1 N–H and O–H groups in total. The van der Waals surface area contributed by atoms with Crippen LogP contribution in [0.3, 0.4) is 0 Å². The van der Waals surface area contributed by atoms with Crippen LogP contribution in [0.25, 0.3) is 0 Å². The first kappa shape index (κ1) is 14.3. The second kappa shape index (κ2) is 6.03. The fraction of sp³-hybridized carbons (Fsp3) is 0.647. The van der Waals surface area contributed by atoms with E-state index in [1.54, 1.807) is 6.07 Å². The summed E-state index contributed by atoms with van der Waals surface area (Å²) >= 11 is 5.84. The van der Waals surface area contributed by atoms with E-state index in [0.29, 0.717) is 11.1 Å². The number of rotatable bonds is 5. The lowest BCUT2D eigenvalue weighted by atomic mass is 9.81. The summed E-state index contributed by atoms with van der Waals surface area (Å²) in [6.45, 7) is 3.09. The number of fused-ring (bicyclic) bond motifs is 2. The molecule has 0 heterocycles. The lowest BCUT2D eigenvalue weighted by Crippen LogP contribution is -2.40. The van der Waals surface area contributed by atoms with Crippen molar-refractivity contribution in [3.63, 3.8) is 0 Å². The highest BCUT2D eigenvalue weighted by Gasteiger charge is 2.42. The van der Waals surface area contributed by atoms with E-state index in [-0.39, 0.29) is 5.82 Å². The van der Waals surface area contributed by atoms with E-state index in [1.807, 2.05) is 6.07 Å². The molecule has 4 unspecified atom stereocenters. The van der Waals surface area contributed by atoms with Crippen molar-refractivity contribution in [2.45, 2.75) is 45.1 Å². The van der Waals surface area contributed by atoms with Crippen molar-refractivity contribution in [3.8, 4) is 0 Å². The van der Waals surface area contributed by atoms with Crippen molar-refractivity contribution in [3.05, 3.63) is 34.6 Å². The van der Waals surface area contributed by atoms with Crippen LogP contribution >= 0.6 is 11.6 Å². The normalized spacial score (nSPS) is 29.9. The third-order valence-electron chi connectivity index (χ3n) is 5.23. The molecule has 4 atom stereocenters. The highest BCUT2D eigenvalue weighted by Crippen LogP contribution is 2.49. The molecule has 0 aliphatic heterocycles. The summed E-state index contributed by atoms with van der Waals surface area (Å²) in [6.07, 6.45) is 6.30. The molecule has 1 nitrogen and oxygen atoms in total. The minimum absolute atomic E-state index is 0.163. The predicted octanol–water partition coefficient (Wildman–Crippen LogP) is 4.44. The van der Waals surface area contributed by atoms with Gasteiger partial charge in [0.05, 0.1) is 0 Å². The molecule has 0 radical (unpaired) electrons. The summed E-state index contributed by atoms with van der Waals surface area (Å²) in [7, 11) is 0. The zero-order valence-corrected chi connectivity index (χ0v) is 12.8. The Labute approximate surface area is 125 Å². The molecule has 1 aromatic carbocycles. The van der Waals surface area contributed by atoms with E-state index >= 15 is 0 Å². The van der Waals surface area contributed by atoms with Gasteiger partial charge in [0.15, 0.2) is 0 Å². The molecule has 2 aliphatic carbocycles. The molecule has 3 heteroatoms. The monoisotopic (exact) mass is 295 g/mol. The summed E-state index contributed by atoms with van der Waals surface area (Å²) in [5.41, 5.74) is 0.795. The Hall–Kier alpha value is -0.600. The Morgan fingerprint density at radius 1 is 1.35 bits per heavy atom. The Balaban J connectivity index is 1.74. The largest absolute Gasteiger partial charge is 0.314 e. The molecule has 3 rings (SSSR count). The first-order chi connectivity index (χ1) is 9.67. The zero-order chi connectivity index (χ0) is 14.1.